The number of ether oxygens (including phenoxy) is 1. The third-order valence-corrected chi connectivity index (χ3v) is 23.1. The van der Waals surface area contributed by atoms with Gasteiger partial charge >= 0.3 is 0 Å². The molecule has 0 atom stereocenters. The molecule has 17 aromatic rings. The molecule has 1 heteroatoms. The third-order valence-electron chi connectivity index (χ3n) is 23.1. The maximum atomic E-state index is 5.82. The fourth-order valence-electron chi connectivity index (χ4n) is 16.1. The minimum absolute atomic E-state index is 0.269. The van der Waals surface area contributed by atoms with E-state index in [0.29, 0.717) is 0 Å². The normalized spacial score (nSPS) is 10.8. The summed E-state index contributed by atoms with van der Waals surface area (Å²) in [5.74, 6) is 1.81. The van der Waals surface area contributed by atoms with Gasteiger partial charge in [0.15, 0.2) is 0 Å². The van der Waals surface area contributed by atoms with Crippen LogP contribution in [0.15, 0.2) is 370 Å². The quantitative estimate of drug-likeness (QED) is 0.140. The number of benzene rings is 17. The molecule has 0 unspecified atom stereocenters. The lowest BCUT2D eigenvalue weighted by Gasteiger charge is -2.34. The Balaban J connectivity index is 0.000000168. The van der Waals surface area contributed by atoms with E-state index in [1.54, 1.807) is 0 Å². The van der Waals surface area contributed by atoms with Crippen LogP contribution in [0.3, 0.4) is 0 Å². The molecule has 0 bridgehead atoms. The Morgan fingerprint density at radius 2 is 0.523 bits per heavy atom. The average Bonchev–Trinajstić information content (AvgIpc) is 1.54. The monoisotopic (exact) mass is 1680 g/mol. The summed E-state index contributed by atoms with van der Waals surface area (Å²) in [5, 5.41) is 2.64. The zero-order valence-electron chi connectivity index (χ0n) is 81.3. The van der Waals surface area contributed by atoms with E-state index in [4.69, 9.17) is 4.74 Å². The van der Waals surface area contributed by atoms with Gasteiger partial charge in [-0.05, 0) is 286 Å². The fourth-order valence-corrected chi connectivity index (χ4v) is 16.1. The minimum Gasteiger partial charge on any atom is -0.457 e. The number of fused-ring (bicyclic) bond motifs is 4. The van der Waals surface area contributed by atoms with Crippen molar-refractivity contribution in [2.24, 2.45) is 0 Å². The lowest BCUT2D eigenvalue weighted by Crippen LogP contribution is -2.28. The smallest absolute Gasteiger partial charge is 0.130 e. The van der Waals surface area contributed by atoms with Crippen molar-refractivity contribution >= 4 is 10.8 Å². The van der Waals surface area contributed by atoms with E-state index in [-0.39, 0.29) is 5.41 Å². The summed E-state index contributed by atoms with van der Waals surface area (Å²) in [5.41, 5.74) is 46.1. The summed E-state index contributed by atoms with van der Waals surface area (Å²) >= 11 is 0. The highest BCUT2D eigenvalue weighted by Gasteiger charge is 2.45. The van der Waals surface area contributed by atoms with Crippen molar-refractivity contribution in [2.75, 3.05) is 0 Å². The Kier molecular flexibility index (Phi) is 37.4. The standard InChI is InChI=1S/C27H22.C21H20.C16H18.C15H16O.C15H16.C11H10.2C9H12.2C2H6/c1-19-11-15-21(16-12-19)27(22-17-13-20(2)14-18-22)25-9-5-3-7-23(25)24-8-4-6-10-26(24)27;1-15-4-9-18(10-5-15)20-13-8-17(3)14-21(20)19-11-6-16(2)7-12-19;1-12-4-7-15(8-5-12)11-16-9-6-13(2)10-14(16)3;1-11-4-7-14(8-5-11)16-15-9-6-12(2)10-13(15)3;1-11-4-7-14(8-5-11)15-9-6-12(2)10-13(15)3;1-9-6-7-10-4-2-3-5-11(10)8-9;1-7-4-8(2)6-9(3)5-7;1-7-4-5-8(2)9(3)6-7;2*1-2/h3-18H,1-2H3;4-14H,1-3H3;4-10H,11H2,1-3H3;4-10H,1-3H3;4-10H,1-3H3;2-8H,1H3;2*4-6H,1-3H3;2*1-2H3. The molecule has 0 aromatic heterocycles. The van der Waals surface area contributed by atoms with Gasteiger partial charge in [0.1, 0.15) is 11.5 Å². The van der Waals surface area contributed by atoms with Gasteiger partial charge in [-0.25, -0.2) is 0 Å². The summed E-state index contributed by atoms with van der Waals surface area (Å²) in [6.07, 6.45) is 1.03. The van der Waals surface area contributed by atoms with E-state index in [1.807, 2.05) is 45.9 Å². The number of hydrogen-bond donors (Lipinski definition) is 0. The molecule has 128 heavy (non-hydrogen) atoms. The number of hydrogen-bond acceptors (Lipinski definition) is 1. The molecule has 17 aromatic carbocycles. The molecule has 0 spiro atoms. The van der Waals surface area contributed by atoms with Crippen LogP contribution < -0.4 is 4.74 Å². The van der Waals surface area contributed by atoms with Crippen LogP contribution in [0, 0.1) is 145 Å². The largest absolute Gasteiger partial charge is 0.457 e. The molecule has 1 nitrogen and oxygen atoms in total. The first-order chi connectivity index (χ1) is 61.5. The Labute approximate surface area is 771 Å². The third kappa shape index (κ3) is 28.1. The van der Waals surface area contributed by atoms with Gasteiger partial charge in [-0.1, -0.05) is 469 Å². The van der Waals surface area contributed by atoms with Crippen molar-refractivity contribution in [1.82, 2.24) is 0 Å². The zero-order chi connectivity index (χ0) is 92.6. The van der Waals surface area contributed by atoms with Crippen molar-refractivity contribution in [2.45, 2.75) is 185 Å². The zero-order valence-corrected chi connectivity index (χ0v) is 81.3. The summed E-state index contributed by atoms with van der Waals surface area (Å²) in [7, 11) is 0. The van der Waals surface area contributed by atoms with Gasteiger partial charge in [-0.2, -0.15) is 0 Å². The highest BCUT2D eigenvalue weighted by molar-refractivity contribution is 5.87. The van der Waals surface area contributed by atoms with Crippen molar-refractivity contribution in [1.29, 1.82) is 0 Å². The fraction of sp³-hybridized carbons (Fsp3) is 0.213. The highest BCUT2D eigenvalue weighted by Crippen LogP contribution is 2.56. The second-order valence-corrected chi connectivity index (χ2v) is 34.4. The molecule has 0 aliphatic heterocycles. The maximum absolute atomic E-state index is 5.82. The topological polar surface area (TPSA) is 9.23 Å². The molecule has 0 radical (unpaired) electrons. The molecule has 0 heterocycles. The second kappa shape index (κ2) is 48.5. The van der Waals surface area contributed by atoms with E-state index in [9.17, 15) is 0 Å². The van der Waals surface area contributed by atoms with Crippen LogP contribution >= 0.6 is 0 Å². The Bertz CT molecular complexity index is 6090. The van der Waals surface area contributed by atoms with Crippen LogP contribution in [0.4, 0.5) is 0 Å². The van der Waals surface area contributed by atoms with E-state index in [2.05, 4.69) is 497 Å². The number of aryl methyl sites for hydroxylation is 21. The Morgan fingerprint density at radius 1 is 0.195 bits per heavy atom. The molecule has 0 fully saturated rings. The van der Waals surface area contributed by atoms with Crippen LogP contribution in [-0.2, 0) is 11.8 Å². The summed E-state index contributed by atoms with van der Waals surface area (Å²) in [4.78, 5) is 0. The van der Waals surface area contributed by atoms with Gasteiger partial charge in [0.25, 0.3) is 0 Å². The van der Waals surface area contributed by atoms with Crippen molar-refractivity contribution in [3.63, 3.8) is 0 Å². The summed E-state index contributed by atoms with van der Waals surface area (Å²) in [6, 6.07) is 133. The van der Waals surface area contributed by atoms with Crippen LogP contribution in [0.2, 0.25) is 0 Å². The van der Waals surface area contributed by atoms with Gasteiger partial charge in [0, 0.05) is 0 Å². The van der Waals surface area contributed by atoms with Crippen LogP contribution in [0.25, 0.3) is 55.3 Å². The minimum atomic E-state index is -0.269. The molecule has 1 aliphatic rings. The first kappa shape index (κ1) is 98.6. The highest BCUT2D eigenvalue weighted by atomic mass is 16.5. The van der Waals surface area contributed by atoms with E-state index in [1.165, 1.54) is 205 Å². The molecule has 18 rings (SSSR count). The van der Waals surface area contributed by atoms with Crippen LogP contribution in [0.1, 0.15) is 178 Å². The van der Waals surface area contributed by atoms with Gasteiger partial charge in [0.2, 0.25) is 0 Å². The molecule has 0 N–H and O–H groups in total. The molecule has 0 amide bonds. The van der Waals surface area contributed by atoms with Crippen LogP contribution in [-0.4, -0.2) is 0 Å². The molecular weight excluding hydrogens is 1540 g/mol. The second-order valence-electron chi connectivity index (χ2n) is 34.4. The predicted octanol–water partition coefficient (Wildman–Crippen LogP) is 35.9. The van der Waals surface area contributed by atoms with Gasteiger partial charge in [-0.15, -0.1) is 0 Å². The van der Waals surface area contributed by atoms with Crippen molar-refractivity contribution < 1.29 is 4.74 Å². The molecule has 1 aliphatic carbocycles. The van der Waals surface area contributed by atoms with Crippen molar-refractivity contribution in [3.05, 3.63) is 520 Å². The summed E-state index contributed by atoms with van der Waals surface area (Å²) < 4.78 is 5.82. The molecule has 0 saturated carbocycles. The van der Waals surface area contributed by atoms with Gasteiger partial charge < -0.3 is 4.74 Å². The molecule has 652 valence electrons. The van der Waals surface area contributed by atoms with E-state index in [0.717, 1.165) is 17.9 Å². The predicted molar refractivity (Wildman–Crippen MR) is 561 cm³/mol. The molecular formula is C127H138O. The van der Waals surface area contributed by atoms with Crippen LogP contribution in [0.5, 0.6) is 11.5 Å². The Morgan fingerprint density at radius 3 is 0.961 bits per heavy atom. The van der Waals surface area contributed by atoms with Gasteiger partial charge in [0.05, 0.1) is 5.41 Å². The Hall–Kier alpha value is -13.2. The summed E-state index contributed by atoms with van der Waals surface area (Å²) in [6.45, 7) is 52.7. The van der Waals surface area contributed by atoms with E-state index < -0.39 is 0 Å². The molecule has 0 saturated heterocycles. The lowest BCUT2D eigenvalue weighted by molar-refractivity contribution is 0.478. The average molecular weight is 1680 g/mol. The first-order valence-corrected chi connectivity index (χ1v) is 45.8. The lowest BCUT2D eigenvalue weighted by atomic mass is 9.67. The van der Waals surface area contributed by atoms with E-state index >= 15 is 0 Å². The number of rotatable bonds is 9. The SMILES string of the molecule is CC.CC.Cc1cc(C)cc(C)c1.Cc1ccc(-c2ccc(C)cc2-c2ccc(C)cc2)cc1.Cc1ccc(-c2ccc(C)cc2C)cc1.Cc1ccc(C)c(C)c1.Cc1ccc(C2(c3ccc(C)cc3)c3ccccc3-c3ccccc32)cc1.Cc1ccc(Cc2ccc(C)cc2C)cc1.Cc1ccc(Oc2ccc(C)cc2C)cc1.Cc1ccc2ccccc2c1. The van der Waals surface area contributed by atoms with Crippen molar-refractivity contribution in [3.8, 4) is 56.0 Å². The van der Waals surface area contributed by atoms with Gasteiger partial charge in [-0.3, -0.25) is 0 Å². The maximum Gasteiger partial charge on any atom is 0.130 e. The first-order valence-electron chi connectivity index (χ1n) is 45.8.